The highest BCUT2D eigenvalue weighted by Crippen LogP contribution is 2.15. The second kappa shape index (κ2) is 69.5. The highest BCUT2D eigenvalue weighted by Gasteiger charge is 2.19. The van der Waals surface area contributed by atoms with Crippen LogP contribution in [0.2, 0.25) is 0 Å². The number of esters is 3. The van der Waals surface area contributed by atoms with Gasteiger partial charge in [-0.15, -0.1) is 0 Å². The molecule has 0 radical (unpaired) electrons. The molecular weight excluding hydrogens is 1020 g/mol. The number of unbranched alkanes of at least 4 members (excludes halogenated alkanes) is 23. The van der Waals surface area contributed by atoms with Crippen molar-refractivity contribution in [1.29, 1.82) is 0 Å². The minimum Gasteiger partial charge on any atom is -0.462 e. The van der Waals surface area contributed by atoms with Crippen molar-refractivity contribution in [3.8, 4) is 0 Å². The molecule has 0 rings (SSSR count). The fraction of sp³-hybridized carbons (Fsp3) is 0.623. The van der Waals surface area contributed by atoms with E-state index in [4.69, 9.17) is 14.2 Å². The van der Waals surface area contributed by atoms with Crippen LogP contribution >= 0.6 is 0 Å². The molecule has 0 aromatic carbocycles. The van der Waals surface area contributed by atoms with Crippen molar-refractivity contribution in [2.75, 3.05) is 13.2 Å². The smallest absolute Gasteiger partial charge is 0.306 e. The average Bonchev–Trinajstić information content (AvgIpc) is 3.49. The van der Waals surface area contributed by atoms with Crippen LogP contribution in [0.5, 0.6) is 0 Å². The Morgan fingerprint density at radius 2 is 0.470 bits per heavy atom. The molecular formula is C77H124O6. The Morgan fingerprint density at radius 1 is 0.253 bits per heavy atom. The van der Waals surface area contributed by atoms with Crippen molar-refractivity contribution in [2.45, 2.75) is 297 Å². The summed E-state index contributed by atoms with van der Waals surface area (Å²) in [7, 11) is 0. The van der Waals surface area contributed by atoms with E-state index in [2.05, 4.69) is 179 Å². The van der Waals surface area contributed by atoms with E-state index < -0.39 is 6.10 Å². The van der Waals surface area contributed by atoms with Gasteiger partial charge in [-0.3, -0.25) is 14.4 Å². The Bertz CT molecular complexity index is 1840. The number of ether oxygens (including phenoxy) is 3. The summed E-state index contributed by atoms with van der Waals surface area (Å²) in [5.74, 6) is -0.959. The van der Waals surface area contributed by atoms with Gasteiger partial charge in [-0.25, -0.2) is 0 Å². The predicted molar refractivity (Wildman–Crippen MR) is 362 cm³/mol. The quantitative estimate of drug-likeness (QED) is 0.0261. The zero-order chi connectivity index (χ0) is 59.9. The molecule has 0 aliphatic rings. The van der Waals surface area contributed by atoms with Gasteiger partial charge in [-0.1, -0.05) is 281 Å². The largest absolute Gasteiger partial charge is 0.462 e. The molecule has 0 aromatic rings. The van der Waals surface area contributed by atoms with Crippen LogP contribution in [-0.4, -0.2) is 37.2 Å². The summed E-state index contributed by atoms with van der Waals surface area (Å²) in [5.41, 5.74) is 0. The molecule has 0 spiro atoms. The maximum absolute atomic E-state index is 12.9. The number of hydrogen-bond donors (Lipinski definition) is 0. The summed E-state index contributed by atoms with van der Waals surface area (Å²) in [5, 5.41) is 0. The lowest BCUT2D eigenvalue weighted by molar-refractivity contribution is -0.167. The highest BCUT2D eigenvalue weighted by molar-refractivity contribution is 5.71. The van der Waals surface area contributed by atoms with Gasteiger partial charge in [0.15, 0.2) is 6.10 Å². The predicted octanol–water partition coefficient (Wildman–Crippen LogP) is 23.7. The zero-order valence-electron chi connectivity index (χ0n) is 53.7. The van der Waals surface area contributed by atoms with E-state index in [-0.39, 0.29) is 31.1 Å². The van der Waals surface area contributed by atoms with Crippen molar-refractivity contribution in [3.63, 3.8) is 0 Å². The molecule has 0 amide bonds. The third kappa shape index (κ3) is 67.7. The highest BCUT2D eigenvalue weighted by atomic mass is 16.6. The molecule has 0 bridgehead atoms. The van der Waals surface area contributed by atoms with E-state index >= 15 is 0 Å². The molecule has 468 valence electrons. The zero-order valence-corrected chi connectivity index (χ0v) is 53.7. The fourth-order valence-electron chi connectivity index (χ4n) is 8.97. The van der Waals surface area contributed by atoms with Crippen LogP contribution < -0.4 is 0 Å². The lowest BCUT2D eigenvalue weighted by atomic mass is 10.0. The molecule has 1 atom stereocenters. The number of rotatable bonds is 60. The molecule has 0 N–H and O–H groups in total. The molecule has 0 aliphatic carbocycles. The Balaban J connectivity index is 4.36. The second-order valence-electron chi connectivity index (χ2n) is 22.0. The first kappa shape index (κ1) is 78.0. The molecule has 1 unspecified atom stereocenters. The second-order valence-corrected chi connectivity index (χ2v) is 22.0. The maximum Gasteiger partial charge on any atom is 0.306 e. The maximum atomic E-state index is 12.9. The topological polar surface area (TPSA) is 78.9 Å². The van der Waals surface area contributed by atoms with Crippen LogP contribution in [0.4, 0.5) is 0 Å². The Labute approximate surface area is 511 Å². The summed E-state index contributed by atoms with van der Waals surface area (Å²) in [4.78, 5) is 38.4. The van der Waals surface area contributed by atoms with E-state index in [1.807, 2.05) is 0 Å². The van der Waals surface area contributed by atoms with Crippen LogP contribution in [0.3, 0.4) is 0 Å². The molecule has 0 heterocycles. The van der Waals surface area contributed by atoms with Gasteiger partial charge in [0, 0.05) is 19.3 Å². The number of allylic oxidation sites excluding steroid dienone is 26. The van der Waals surface area contributed by atoms with Crippen LogP contribution in [0.25, 0.3) is 0 Å². The average molecular weight is 1150 g/mol. The van der Waals surface area contributed by atoms with Gasteiger partial charge in [0.25, 0.3) is 0 Å². The minimum atomic E-state index is -0.811. The molecule has 0 aliphatic heterocycles. The number of carbonyl (C=O) groups is 3. The lowest BCUT2D eigenvalue weighted by Gasteiger charge is -2.18. The van der Waals surface area contributed by atoms with Gasteiger partial charge < -0.3 is 14.2 Å². The van der Waals surface area contributed by atoms with Crippen LogP contribution in [0.1, 0.15) is 290 Å². The Kier molecular flexibility index (Phi) is 65.4. The first-order chi connectivity index (χ1) is 41.0. The van der Waals surface area contributed by atoms with Crippen molar-refractivity contribution in [3.05, 3.63) is 158 Å². The summed E-state index contributed by atoms with van der Waals surface area (Å²) in [6, 6.07) is 0. The van der Waals surface area contributed by atoms with Gasteiger partial charge >= 0.3 is 17.9 Å². The summed E-state index contributed by atoms with van der Waals surface area (Å²) < 4.78 is 16.9. The van der Waals surface area contributed by atoms with E-state index in [0.29, 0.717) is 19.3 Å². The first-order valence-corrected chi connectivity index (χ1v) is 34.0. The van der Waals surface area contributed by atoms with E-state index in [1.165, 1.54) is 103 Å². The fourth-order valence-corrected chi connectivity index (χ4v) is 8.97. The van der Waals surface area contributed by atoms with Crippen LogP contribution in [-0.2, 0) is 28.6 Å². The molecule has 6 heteroatoms. The van der Waals surface area contributed by atoms with Crippen molar-refractivity contribution >= 4 is 17.9 Å². The lowest BCUT2D eigenvalue weighted by Crippen LogP contribution is -2.30. The van der Waals surface area contributed by atoms with Gasteiger partial charge in [-0.2, -0.15) is 0 Å². The molecule has 0 fully saturated rings. The number of carbonyl (C=O) groups excluding carboxylic acids is 3. The SMILES string of the molecule is CC/C=C\C/C=C\C/C=C\C/C=C\C/C=C\C/C=C\CCCCCCCCCCCCCCC(=O)OCC(COC(=O)CCCC/C=C\C/C=C\C/C=C\C/C=C\CC)OC(=O)CCCCCCCC/C=C\C/C=C\C/C=C\CCCCC. The normalized spacial score (nSPS) is 13.1. The standard InChI is InChI=1S/C77H124O6/c1-4-7-10-13-16-19-22-25-28-30-32-33-34-35-36-37-38-39-40-41-42-43-45-46-49-52-55-58-61-64-67-70-76(79)82-73-74(72-81-75(78)69-66-63-60-57-54-51-48-27-24-21-18-15-12-9-6-3)83-77(80)71-68-65-62-59-56-53-50-47-44-31-29-26-23-20-17-14-11-8-5-2/h7,9-10,12,16-21,25-29,32-33,35-36,38-39,44,47-48,54,57,74H,4-6,8,11,13-15,22-24,30-31,34,37,40-43,45-46,49-53,55-56,58-73H2,1-3H3/b10-7-,12-9-,19-16-,20-17-,21-18-,28-25-,29-26-,33-32-,36-35-,39-38-,47-44-,48-27-,57-54-. The van der Waals surface area contributed by atoms with Crippen LogP contribution in [0.15, 0.2) is 158 Å². The first-order valence-electron chi connectivity index (χ1n) is 34.0. The van der Waals surface area contributed by atoms with Gasteiger partial charge in [0.1, 0.15) is 13.2 Å². The van der Waals surface area contributed by atoms with Crippen molar-refractivity contribution in [2.24, 2.45) is 0 Å². The van der Waals surface area contributed by atoms with Gasteiger partial charge in [-0.05, 0) is 148 Å². The number of hydrogen-bond acceptors (Lipinski definition) is 6. The van der Waals surface area contributed by atoms with Gasteiger partial charge in [0.05, 0.1) is 0 Å². The Morgan fingerprint density at radius 3 is 0.759 bits per heavy atom. The van der Waals surface area contributed by atoms with Crippen LogP contribution in [0, 0.1) is 0 Å². The van der Waals surface area contributed by atoms with E-state index in [0.717, 1.165) is 148 Å². The third-order valence-corrected chi connectivity index (χ3v) is 14.0. The molecule has 6 nitrogen and oxygen atoms in total. The van der Waals surface area contributed by atoms with Crippen molar-refractivity contribution in [1.82, 2.24) is 0 Å². The summed E-state index contributed by atoms with van der Waals surface area (Å²) in [6.07, 6.45) is 101. The Hall–Kier alpha value is -4.97. The minimum absolute atomic E-state index is 0.103. The monoisotopic (exact) mass is 1140 g/mol. The van der Waals surface area contributed by atoms with E-state index in [9.17, 15) is 14.4 Å². The molecule has 0 saturated carbocycles. The molecule has 83 heavy (non-hydrogen) atoms. The summed E-state index contributed by atoms with van der Waals surface area (Å²) >= 11 is 0. The van der Waals surface area contributed by atoms with Crippen molar-refractivity contribution < 1.29 is 28.6 Å². The third-order valence-electron chi connectivity index (χ3n) is 14.0. The summed E-state index contributed by atoms with van der Waals surface area (Å²) in [6.45, 7) is 6.34. The molecule has 0 aromatic heterocycles. The molecule has 0 saturated heterocycles. The van der Waals surface area contributed by atoms with E-state index in [1.54, 1.807) is 0 Å². The van der Waals surface area contributed by atoms with Gasteiger partial charge in [0.2, 0.25) is 0 Å².